The van der Waals surface area contributed by atoms with E-state index in [4.69, 9.17) is 16.3 Å². The first-order valence-corrected chi connectivity index (χ1v) is 7.56. The molecule has 21 heavy (non-hydrogen) atoms. The Morgan fingerprint density at radius 2 is 2.29 bits per heavy atom. The van der Waals surface area contributed by atoms with Crippen molar-refractivity contribution >= 4 is 11.6 Å². The summed E-state index contributed by atoms with van der Waals surface area (Å²) in [6.45, 7) is 2.76. The quantitative estimate of drug-likeness (QED) is 0.943. The predicted octanol–water partition coefficient (Wildman–Crippen LogP) is 3.17. The van der Waals surface area contributed by atoms with Gasteiger partial charge in [-0.15, -0.1) is 0 Å². The number of aromatic nitrogens is 2. The van der Waals surface area contributed by atoms with Gasteiger partial charge in [-0.3, -0.25) is 0 Å². The molecule has 0 saturated carbocycles. The third kappa shape index (κ3) is 2.54. The molecule has 0 spiro atoms. The lowest BCUT2D eigenvalue weighted by atomic mass is 10.1. The van der Waals surface area contributed by atoms with Gasteiger partial charge >= 0.3 is 0 Å². The van der Waals surface area contributed by atoms with E-state index in [1.165, 1.54) is 11.1 Å². The number of methoxy groups -OCH3 is 1. The Morgan fingerprint density at radius 3 is 3.05 bits per heavy atom. The monoisotopic (exact) mass is 305 g/mol. The van der Waals surface area contributed by atoms with Crippen LogP contribution in [0.2, 0.25) is 5.02 Å². The molecule has 1 aliphatic carbocycles. The van der Waals surface area contributed by atoms with Crippen LogP contribution in [0.5, 0.6) is 5.88 Å². The molecule has 1 aromatic heterocycles. The van der Waals surface area contributed by atoms with E-state index >= 15 is 0 Å². The second kappa shape index (κ2) is 5.70. The van der Waals surface area contributed by atoms with Crippen molar-refractivity contribution in [2.45, 2.75) is 32.4 Å². The van der Waals surface area contributed by atoms with Crippen molar-refractivity contribution in [3.05, 3.63) is 45.6 Å². The van der Waals surface area contributed by atoms with E-state index < -0.39 is 0 Å². The number of hydrogen-bond donors (Lipinski definition) is 1. The SMILES string of the molecule is COc1c(CN[C@@H]2CCc3c(Cl)cccc32)c(C)nn1C. The summed E-state index contributed by atoms with van der Waals surface area (Å²) in [5.41, 5.74) is 4.73. The van der Waals surface area contributed by atoms with E-state index in [1.807, 2.05) is 26.1 Å². The minimum Gasteiger partial charge on any atom is -0.481 e. The number of aryl methyl sites for hydroxylation is 2. The van der Waals surface area contributed by atoms with E-state index in [9.17, 15) is 0 Å². The zero-order valence-electron chi connectivity index (χ0n) is 12.6. The van der Waals surface area contributed by atoms with Gasteiger partial charge in [0.25, 0.3) is 0 Å². The molecule has 0 amide bonds. The maximum Gasteiger partial charge on any atom is 0.216 e. The molecule has 1 aromatic carbocycles. The Labute approximate surface area is 130 Å². The van der Waals surface area contributed by atoms with Crippen LogP contribution in [0.1, 0.15) is 34.8 Å². The fourth-order valence-corrected chi connectivity index (χ4v) is 3.46. The molecule has 3 rings (SSSR count). The van der Waals surface area contributed by atoms with Crippen LogP contribution in [0, 0.1) is 6.92 Å². The molecule has 0 unspecified atom stereocenters. The molecule has 1 N–H and O–H groups in total. The molecule has 0 aliphatic heterocycles. The number of hydrogen-bond acceptors (Lipinski definition) is 3. The summed E-state index contributed by atoms with van der Waals surface area (Å²) in [7, 11) is 3.59. The summed E-state index contributed by atoms with van der Waals surface area (Å²) in [4.78, 5) is 0. The first-order chi connectivity index (χ1) is 10.1. The van der Waals surface area contributed by atoms with Gasteiger partial charge in [0.15, 0.2) is 0 Å². The number of benzene rings is 1. The Hall–Kier alpha value is -1.52. The lowest BCUT2D eigenvalue weighted by Crippen LogP contribution is -2.19. The number of halogens is 1. The topological polar surface area (TPSA) is 39.1 Å². The third-order valence-corrected chi connectivity index (χ3v) is 4.58. The first-order valence-electron chi connectivity index (χ1n) is 7.19. The average Bonchev–Trinajstić information content (AvgIpc) is 2.98. The summed E-state index contributed by atoms with van der Waals surface area (Å²) in [5.74, 6) is 0.823. The highest BCUT2D eigenvalue weighted by atomic mass is 35.5. The van der Waals surface area contributed by atoms with Gasteiger partial charge in [0.05, 0.1) is 18.4 Å². The van der Waals surface area contributed by atoms with Gasteiger partial charge in [-0.2, -0.15) is 5.10 Å². The molecule has 0 saturated heterocycles. The molecule has 1 heterocycles. The van der Waals surface area contributed by atoms with Gasteiger partial charge in [0.2, 0.25) is 5.88 Å². The van der Waals surface area contributed by atoms with Crippen molar-refractivity contribution in [2.24, 2.45) is 7.05 Å². The minimum absolute atomic E-state index is 0.350. The van der Waals surface area contributed by atoms with Crippen molar-refractivity contribution in [3.8, 4) is 5.88 Å². The van der Waals surface area contributed by atoms with Gasteiger partial charge in [-0.25, -0.2) is 4.68 Å². The van der Waals surface area contributed by atoms with Crippen LogP contribution in [0.4, 0.5) is 0 Å². The minimum atomic E-state index is 0.350. The standard InChI is InChI=1S/C16H20ClN3O/c1-10-13(16(21-3)20(2)19-10)9-18-15-8-7-11-12(15)5-4-6-14(11)17/h4-6,15,18H,7-9H2,1-3H3/t15-/m1/s1. The molecular formula is C16H20ClN3O. The van der Waals surface area contributed by atoms with Gasteiger partial charge in [-0.05, 0) is 37.0 Å². The maximum absolute atomic E-state index is 6.27. The van der Waals surface area contributed by atoms with E-state index in [0.29, 0.717) is 6.04 Å². The van der Waals surface area contributed by atoms with E-state index in [-0.39, 0.29) is 0 Å². The molecule has 4 nitrogen and oxygen atoms in total. The molecule has 2 aromatic rings. The summed E-state index contributed by atoms with van der Waals surface area (Å²) in [5, 5.41) is 8.92. The van der Waals surface area contributed by atoms with Crippen molar-refractivity contribution < 1.29 is 4.74 Å². The van der Waals surface area contributed by atoms with Gasteiger partial charge < -0.3 is 10.1 Å². The second-order valence-corrected chi connectivity index (χ2v) is 5.88. The smallest absolute Gasteiger partial charge is 0.216 e. The Kier molecular flexibility index (Phi) is 3.91. The molecule has 112 valence electrons. The van der Waals surface area contributed by atoms with Crippen LogP contribution < -0.4 is 10.1 Å². The first kappa shape index (κ1) is 14.4. The lowest BCUT2D eigenvalue weighted by molar-refractivity contribution is 0.366. The van der Waals surface area contributed by atoms with E-state index in [2.05, 4.69) is 16.5 Å². The predicted molar refractivity (Wildman–Crippen MR) is 83.9 cm³/mol. The fraction of sp³-hybridized carbons (Fsp3) is 0.438. The molecule has 0 bridgehead atoms. The average molecular weight is 306 g/mol. The molecule has 0 fully saturated rings. The lowest BCUT2D eigenvalue weighted by Gasteiger charge is -2.14. The fourth-order valence-electron chi connectivity index (χ4n) is 3.19. The molecule has 1 atom stereocenters. The van der Waals surface area contributed by atoms with Crippen molar-refractivity contribution in [2.75, 3.05) is 7.11 Å². The number of nitrogens with zero attached hydrogens (tertiary/aromatic N) is 2. The zero-order valence-corrected chi connectivity index (χ0v) is 13.4. The van der Waals surface area contributed by atoms with Crippen LogP contribution in [0.25, 0.3) is 0 Å². The Morgan fingerprint density at radius 1 is 1.48 bits per heavy atom. The van der Waals surface area contributed by atoms with Crippen LogP contribution in [-0.2, 0) is 20.0 Å². The molecule has 0 radical (unpaired) electrons. The Bertz CT molecular complexity index is 666. The van der Waals surface area contributed by atoms with Gasteiger partial charge in [0, 0.05) is 24.7 Å². The van der Waals surface area contributed by atoms with Crippen LogP contribution in [-0.4, -0.2) is 16.9 Å². The van der Waals surface area contributed by atoms with Crippen molar-refractivity contribution in [3.63, 3.8) is 0 Å². The molecular weight excluding hydrogens is 286 g/mol. The summed E-state index contributed by atoms with van der Waals surface area (Å²) >= 11 is 6.27. The Balaban J connectivity index is 1.78. The summed E-state index contributed by atoms with van der Waals surface area (Å²) in [6.07, 6.45) is 2.12. The summed E-state index contributed by atoms with van der Waals surface area (Å²) < 4.78 is 7.22. The zero-order chi connectivity index (χ0) is 15.0. The second-order valence-electron chi connectivity index (χ2n) is 5.48. The highest BCUT2D eigenvalue weighted by Gasteiger charge is 2.24. The highest BCUT2D eigenvalue weighted by molar-refractivity contribution is 6.31. The summed E-state index contributed by atoms with van der Waals surface area (Å²) in [6, 6.07) is 6.51. The largest absolute Gasteiger partial charge is 0.481 e. The maximum atomic E-state index is 6.27. The van der Waals surface area contributed by atoms with Crippen molar-refractivity contribution in [1.82, 2.24) is 15.1 Å². The highest BCUT2D eigenvalue weighted by Crippen LogP contribution is 2.35. The normalized spacial score (nSPS) is 17.0. The van der Waals surface area contributed by atoms with E-state index in [0.717, 1.165) is 41.5 Å². The van der Waals surface area contributed by atoms with Gasteiger partial charge in [0.1, 0.15) is 0 Å². The van der Waals surface area contributed by atoms with Crippen LogP contribution in [0.3, 0.4) is 0 Å². The number of rotatable bonds is 4. The molecule has 1 aliphatic rings. The number of ether oxygens (including phenoxy) is 1. The van der Waals surface area contributed by atoms with Crippen LogP contribution in [0.15, 0.2) is 18.2 Å². The van der Waals surface area contributed by atoms with E-state index in [1.54, 1.807) is 11.8 Å². The number of fused-ring (bicyclic) bond motifs is 1. The third-order valence-electron chi connectivity index (χ3n) is 4.22. The molecule has 5 heteroatoms. The van der Waals surface area contributed by atoms with Gasteiger partial charge in [-0.1, -0.05) is 23.7 Å². The van der Waals surface area contributed by atoms with Crippen molar-refractivity contribution in [1.29, 1.82) is 0 Å². The van der Waals surface area contributed by atoms with Crippen LogP contribution >= 0.6 is 11.6 Å². The number of nitrogens with one attached hydrogen (secondary N) is 1.